The molecule has 0 saturated carbocycles. The molecule has 1 saturated heterocycles. The lowest BCUT2D eigenvalue weighted by Gasteiger charge is -2.46. The van der Waals surface area contributed by atoms with E-state index in [0.29, 0.717) is 19.5 Å². The number of nitrogens with zero attached hydrogens (tertiary/aromatic N) is 1. The minimum atomic E-state index is -4.29. The molecule has 180 valence electrons. The minimum Gasteiger partial charge on any atom is -0.392 e. The molecular formula is C25H31F4N3O. The van der Waals surface area contributed by atoms with Crippen LogP contribution < -0.4 is 10.6 Å². The summed E-state index contributed by atoms with van der Waals surface area (Å²) in [5.74, 6) is -0.277. The second-order valence-corrected chi connectivity index (χ2v) is 9.31. The largest absolute Gasteiger partial charge is 0.401 e. The Labute approximate surface area is 192 Å². The van der Waals surface area contributed by atoms with E-state index in [9.17, 15) is 22.7 Å². The van der Waals surface area contributed by atoms with E-state index in [1.807, 2.05) is 50.2 Å². The lowest BCUT2D eigenvalue weighted by Crippen LogP contribution is -2.69. The van der Waals surface area contributed by atoms with E-state index in [2.05, 4.69) is 10.6 Å². The van der Waals surface area contributed by atoms with Crippen molar-refractivity contribution in [3.05, 3.63) is 64.7 Å². The van der Waals surface area contributed by atoms with Crippen LogP contribution in [0.1, 0.15) is 48.4 Å². The summed E-state index contributed by atoms with van der Waals surface area (Å²) < 4.78 is 54.3. The van der Waals surface area contributed by atoms with Crippen molar-refractivity contribution in [2.24, 2.45) is 0 Å². The molecule has 4 rings (SSSR count). The van der Waals surface area contributed by atoms with Gasteiger partial charge in [0.2, 0.25) is 0 Å². The molecule has 2 aliphatic rings. The van der Waals surface area contributed by atoms with Crippen LogP contribution in [0.3, 0.4) is 0 Å². The fraction of sp³-hybridized carbons (Fsp3) is 0.520. The van der Waals surface area contributed by atoms with Gasteiger partial charge in [0.05, 0.1) is 18.7 Å². The molecule has 2 aromatic carbocycles. The van der Waals surface area contributed by atoms with Gasteiger partial charge in [0.25, 0.3) is 0 Å². The van der Waals surface area contributed by atoms with Crippen LogP contribution in [0, 0.1) is 0 Å². The van der Waals surface area contributed by atoms with Crippen LogP contribution in [0.25, 0.3) is 0 Å². The Morgan fingerprint density at radius 3 is 2.42 bits per heavy atom. The Morgan fingerprint density at radius 1 is 1.18 bits per heavy atom. The van der Waals surface area contributed by atoms with Gasteiger partial charge < -0.3 is 15.7 Å². The van der Waals surface area contributed by atoms with Crippen LogP contribution in [0.2, 0.25) is 0 Å². The Morgan fingerprint density at radius 2 is 1.88 bits per heavy atom. The highest BCUT2D eigenvalue weighted by Gasteiger charge is 2.44. The van der Waals surface area contributed by atoms with Gasteiger partial charge in [-0.05, 0) is 47.7 Å². The third-order valence-electron chi connectivity index (χ3n) is 7.04. The van der Waals surface area contributed by atoms with Crippen molar-refractivity contribution in [1.29, 1.82) is 0 Å². The molecule has 0 aromatic heterocycles. The summed E-state index contributed by atoms with van der Waals surface area (Å²) in [6, 6.07) is 12.7. The first-order chi connectivity index (χ1) is 15.7. The van der Waals surface area contributed by atoms with E-state index < -0.39 is 24.4 Å². The first kappa shape index (κ1) is 24.0. The standard InChI is InChI=1S/C25H31F4N3O/c1-3-22(26)24(13-30-14-24)31-20-8-6-18(7-9-20)23-16(2)32(15-25(27,28)29)11-19-5-4-17(12-33)10-21(19)23/h4-10,16,22-23,30-31,33H,3,11-15H2,1-2H3/t16-,22-,23-/m1/s1. The van der Waals surface area contributed by atoms with Crippen molar-refractivity contribution in [1.82, 2.24) is 10.2 Å². The van der Waals surface area contributed by atoms with E-state index in [-0.39, 0.29) is 25.1 Å². The van der Waals surface area contributed by atoms with Crippen molar-refractivity contribution >= 4 is 5.69 Å². The normalized spacial score (nSPS) is 23.5. The van der Waals surface area contributed by atoms with Crippen LogP contribution in [-0.2, 0) is 13.2 Å². The summed E-state index contributed by atoms with van der Waals surface area (Å²) in [6.07, 6.45) is -4.84. The zero-order valence-electron chi connectivity index (χ0n) is 18.9. The fourth-order valence-electron chi connectivity index (χ4n) is 5.13. The number of halogens is 4. The van der Waals surface area contributed by atoms with E-state index in [1.54, 1.807) is 6.07 Å². The molecule has 33 heavy (non-hydrogen) atoms. The van der Waals surface area contributed by atoms with Crippen LogP contribution in [0.5, 0.6) is 0 Å². The zero-order valence-corrected chi connectivity index (χ0v) is 18.9. The third kappa shape index (κ3) is 4.88. The highest BCUT2D eigenvalue weighted by atomic mass is 19.4. The highest BCUT2D eigenvalue weighted by molar-refractivity contribution is 5.52. The maximum atomic E-state index is 14.5. The molecule has 0 radical (unpaired) electrons. The van der Waals surface area contributed by atoms with Gasteiger partial charge in [0.15, 0.2) is 0 Å². The molecule has 0 bridgehead atoms. The van der Waals surface area contributed by atoms with E-state index in [4.69, 9.17) is 0 Å². The minimum absolute atomic E-state index is 0.124. The van der Waals surface area contributed by atoms with Crippen LogP contribution in [0.15, 0.2) is 42.5 Å². The van der Waals surface area contributed by atoms with Gasteiger partial charge in [-0.15, -0.1) is 0 Å². The predicted octanol–water partition coefficient (Wildman–Crippen LogP) is 4.58. The number of aliphatic hydroxyl groups excluding tert-OH is 1. The summed E-state index contributed by atoms with van der Waals surface area (Å²) in [5, 5.41) is 16.1. The number of hydrogen-bond donors (Lipinski definition) is 3. The smallest absolute Gasteiger partial charge is 0.392 e. The van der Waals surface area contributed by atoms with Crippen molar-refractivity contribution < 1.29 is 22.7 Å². The van der Waals surface area contributed by atoms with Crippen LogP contribution in [-0.4, -0.2) is 53.6 Å². The maximum absolute atomic E-state index is 14.5. The number of rotatable bonds is 7. The fourth-order valence-corrected chi connectivity index (χ4v) is 5.13. The molecule has 0 unspecified atom stereocenters. The Hall–Kier alpha value is -2.16. The van der Waals surface area contributed by atoms with Gasteiger partial charge in [-0.1, -0.05) is 37.3 Å². The molecule has 0 aliphatic carbocycles. The zero-order chi connectivity index (χ0) is 23.8. The number of alkyl halides is 4. The van der Waals surface area contributed by atoms with Crippen molar-refractivity contribution in [3.8, 4) is 0 Å². The molecule has 0 amide bonds. The lowest BCUT2D eigenvalue weighted by atomic mass is 9.78. The van der Waals surface area contributed by atoms with Gasteiger partial charge in [-0.25, -0.2) is 4.39 Å². The van der Waals surface area contributed by atoms with Gasteiger partial charge in [-0.2, -0.15) is 13.2 Å². The van der Waals surface area contributed by atoms with E-state index >= 15 is 0 Å². The predicted molar refractivity (Wildman–Crippen MR) is 121 cm³/mol. The number of aliphatic hydroxyl groups is 1. The van der Waals surface area contributed by atoms with Crippen molar-refractivity contribution in [2.45, 2.75) is 63.3 Å². The average Bonchev–Trinajstić information content (AvgIpc) is 2.76. The van der Waals surface area contributed by atoms with Gasteiger partial charge in [0, 0.05) is 37.3 Å². The first-order valence-corrected chi connectivity index (χ1v) is 11.4. The Kier molecular flexibility index (Phi) is 6.71. The van der Waals surface area contributed by atoms with E-state index in [0.717, 1.165) is 27.9 Å². The van der Waals surface area contributed by atoms with Gasteiger partial charge >= 0.3 is 6.18 Å². The Bertz CT molecular complexity index is 959. The topological polar surface area (TPSA) is 47.5 Å². The second-order valence-electron chi connectivity index (χ2n) is 9.31. The molecular weight excluding hydrogens is 434 g/mol. The number of nitrogens with one attached hydrogen (secondary N) is 2. The summed E-state index contributed by atoms with van der Waals surface area (Å²) in [5.41, 5.74) is 3.58. The van der Waals surface area contributed by atoms with Gasteiger partial charge in [0.1, 0.15) is 6.17 Å². The molecule has 2 aromatic rings. The van der Waals surface area contributed by atoms with Crippen molar-refractivity contribution in [3.63, 3.8) is 0 Å². The number of fused-ring (bicyclic) bond motifs is 1. The summed E-state index contributed by atoms with van der Waals surface area (Å²) >= 11 is 0. The SMILES string of the molecule is CC[C@@H](F)C1(Nc2ccc([C@@H]3c4cc(CO)ccc4CN(CC(F)(F)F)[C@@H]3C)cc2)CNC1. The molecule has 0 spiro atoms. The summed E-state index contributed by atoms with van der Waals surface area (Å²) in [7, 11) is 0. The summed E-state index contributed by atoms with van der Waals surface area (Å²) in [6.45, 7) is 3.85. The highest BCUT2D eigenvalue weighted by Crippen LogP contribution is 2.40. The Balaban J connectivity index is 1.64. The lowest BCUT2D eigenvalue weighted by molar-refractivity contribution is -0.153. The molecule has 2 heterocycles. The second kappa shape index (κ2) is 9.24. The molecule has 1 fully saturated rings. The maximum Gasteiger partial charge on any atom is 0.401 e. The quantitative estimate of drug-likeness (QED) is 0.524. The average molecular weight is 466 g/mol. The molecule has 4 nitrogen and oxygen atoms in total. The molecule has 2 aliphatic heterocycles. The number of hydrogen-bond acceptors (Lipinski definition) is 4. The molecule has 3 atom stereocenters. The van der Waals surface area contributed by atoms with Gasteiger partial charge in [-0.3, -0.25) is 4.90 Å². The van der Waals surface area contributed by atoms with Crippen LogP contribution in [0.4, 0.5) is 23.2 Å². The van der Waals surface area contributed by atoms with Crippen molar-refractivity contribution in [2.75, 3.05) is 25.0 Å². The molecule has 3 N–H and O–H groups in total. The first-order valence-electron chi connectivity index (χ1n) is 11.4. The van der Waals surface area contributed by atoms with Crippen LogP contribution >= 0.6 is 0 Å². The third-order valence-corrected chi connectivity index (χ3v) is 7.04. The monoisotopic (exact) mass is 465 g/mol. The molecule has 8 heteroatoms. The summed E-state index contributed by atoms with van der Waals surface area (Å²) in [4.78, 5) is 1.46. The number of anilines is 1. The van der Waals surface area contributed by atoms with E-state index in [1.165, 1.54) is 4.90 Å². The number of benzene rings is 2.